The van der Waals surface area contributed by atoms with Gasteiger partial charge in [-0.15, -0.1) is 24.0 Å². The average molecular weight is 417 g/mol. The molecule has 0 amide bonds. The highest BCUT2D eigenvalue weighted by Crippen LogP contribution is 2.24. The van der Waals surface area contributed by atoms with Gasteiger partial charge in [-0.05, 0) is 24.5 Å². The molecule has 0 aliphatic carbocycles. The molecule has 0 bridgehead atoms. The van der Waals surface area contributed by atoms with Gasteiger partial charge in [0, 0.05) is 20.1 Å². The predicted octanol–water partition coefficient (Wildman–Crippen LogP) is 3.36. The van der Waals surface area contributed by atoms with Crippen LogP contribution in [-0.2, 0) is 4.74 Å². The molecule has 1 unspecified atom stereocenters. The maximum absolute atomic E-state index is 5.97. The summed E-state index contributed by atoms with van der Waals surface area (Å²) >= 11 is 0. The number of aliphatic imine (C=N–C) groups is 1. The lowest BCUT2D eigenvalue weighted by molar-refractivity contribution is -0.00830. The molecule has 5 heteroatoms. The molecule has 0 aromatic heterocycles. The van der Waals surface area contributed by atoms with Gasteiger partial charge in [0.25, 0.3) is 0 Å². The van der Waals surface area contributed by atoms with Crippen LogP contribution in [0.2, 0.25) is 0 Å². The standard InChI is InChI=1S/C17H27N3O.HI/c1-4-5-10-19-17(18-3)20-11-12-21-16(13-20)15-9-7-6-8-14(15)2;/h6-9,16H,4-5,10-13H2,1-3H3,(H,18,19);1H. The third-order valence-electron chi connectivity index (χ3n) is 3.93. The second kappa shape index (κ2) is 10.0. The largest absolute Gasteiger partial charge is 0.370 e. The molecule has 1 saturated heterocycles. The summed E-state index contributed by atoms with van der Waals surface area (Å²) in [5.74, 6) is 0.991. The van der Waals surface area contributed by atoms with Crippen molar-refractivity contribution in [3.63, 3.8) is 0 Å². The molecular weight excluding hydrogens is 389 g/mol. The molecule has 1 atom stereocenters. The maximum atomic E-state index is 5.97. The number of ether oxygens (including phenoxy) is 1. The quantitative estimate of drug-likeness (QED) is 0.353. The average Bonchev–Trinajstić information content (AvgIpc) is 2.52. The molecule has 1 aromatic rings. The Morgan fingerprint density at radius 1 is 1.41 bits per heavy atom. The molecule has 1 aliphatic heterocycles. The number of aryl methyl sites for hydroxylation is 1. The van der Waals surface area contributed by atoms with Gasteiger partial charge in [-0.25, -0.2) is 0 Å². The molecule has 22 heavy (non-hydrogen) atoms. The molecule has 0 radical (unpaired) electrons. The number of halogens is 1. The first-order valence-corrected chi connectivity index (χ1v) is 7.89. The number of nitrogens with one attached hydrogen (secondary N) is 1. The smallest absolute Gasteiger partial charge is 0.193 e. The Hall–Kier alpha value is -0.820. The van der Waals surface area contributed by atoms with Crippen molar-refractivity contribution < 1.29 is 4.74 Å². The zero-order valence-electron chi connectivity index (χ0n) is 13.8. The minimum Gasteiger partial charge on any atom is -0.370 e. The Morgan fingerprint density at radius 2 is 2.18 bits per heavy atom. The van der Waals surface area contributed by atoms with Gasteiger partial charge in [-0.1, -0.05) is 37.6 Å². The summed E-state index contributed by atoms with van der Waals surface area (Å²) in [7, 11) is 1.85. The van der Waals surface area contributed by atoms with Crippen molar-refractivity contribution in [1.29, 1.82) is 0 Å². The van der Waals surface area contributed by atoms with Crippen LogP contribution in [0.15, 0.2) is 29.3 Å². The Morgan fingerprint density at radius 3 is 2.86 bits per heavy atom. The minimum atomic E-state index is 0. The molecule has 0 saturated carbocycles. The fourth-order valence-electron chi connectivity index (χ4n) is 2.69. The number of morpholine rings is 1. The van der Waals surface area contributed by atoms with Gasteiger partial charge in [0.05, 0.1) is 13.2 Å². The fourth-order valence-corrected chi connectivity index (χ4v) is 2.69. The van der Waals surface area contributed by atoms with E-state index in [0.717, 1.165) is 32.2 Å². The van der Waals surface area contributed by atoms with Crippen molar-refractivity contribution in [2.45, 2.75) is 32.8 Å². The summed E-state index contributed by atoms with van der Waals surface area (Å²) in [5.41, 5.74) is 2.57. The highest BCUT2D eigenvalue weighted by molar-refractivity contribution is 14.0. The Bertz CT molecular complexity index is 479. The SMILES string of the molecule is CCCCNC(=NC)N1CCOC(c2ccccc2C)C1.I. The van der Waals surface area contributed by atoms with Crippen molar-refractivity contribution >= 4 is 29.9 Å². The number of unbranched alkanes of at least 4 members (excludes halogenated alkanes) is 1. The van der Waals surface area contributed by atoms with Crippen LogP contribution >= 0.6 is 24.0 Å². The summed E-state index contributed by atoms with van der Waals surface area (Å²) < 4.78 is 5.97. The van der Waals surface area contributed by atoms with Crippen LogP contribution in [0.5, 0.6) is 0 Å². The van der Waals surface area contributed by atoms with Gasteiger partial charge in [0.1, 0.15) is 6.10 Å². The lowest BCUT2D eigenvalue weighted by Crippen LogP contribution is -2.48. The third-order valence-corrected chi connectivity index (χ3v) is 3.93. The van der Waals surface area contributed by atoms with Crippen LogP contribution in [0, 0.1) is 6.92 Å². The predicted molar refractivity (Wildman–Crippen MR) is 103 cm³/mol. The van der Waals surface area contributed by atoms with Gasteiger partial charge in [0.15, 0.2) is 5.96 Å². The molecule has 1 fully saturated rings. The number of guanidine groups is 1. The maximum Gasteiger partial charge on any atom is 0.193 e. The van der Waals surface area contributed by atoms with E-state index in [-0.39, 0.29) is 30.1 Å². The van der Waals surface area contributed by atoms with Gasteiger partial charge in [0.2, 0.25) is 0 Å². The van der Waals surface area contributed by atoms with Crippen molar-refractivity contribution in [3.05, 3.63) is 35.4 Å². The van der Waals surface area contributed by atoms with Crippen molar-refractivity contribution in [1.82, 2.24) is 10.2 Å². The summed E-state index contributed by atoms with van der Waals surface area (Å²) in [6.45, 7) is 7.83. The molecule has 2 rings (SSSR count). The van der Waals surface area contributed by atoms with Crippen molar-refractivity contribution in [3.8, 4) is 0 Å². The number of nitrogens with zero attached hydrogens (tertiary/aromatic N) is 2. The van der Waals surface area contributed by atoms with Gasteiger partial charge >= 0.3 is 0 Å². The summed E-state index contributed by atoms with van der Waals surface area (Å²) in [5, 5.41) is 3.45. The first kappa shape index (κ1) is 19.2. The zero-order chi connectivity index (χ0) is 15.1. The molecule has 1 aliphatic rings. The van der Waals surface area contributed by atoms with E-state index in [4.69, 9.17) is 4.74 Å². The van der Waals surface area contributed by atoms with Crippen LogP contribution in [0.3, 0.4) is 0 Å². The fraction of sp³-hybridized carbons (Fsp3) is 0.588. The van der Waals surface area contributed by atoms with Crippen LogP contribution in [-0.4, -0.2) is 44.1 Å². The zero-order valence-corrected chi connectivity index (χ0v) is 16.2. The van der Waals surface area contributed by atoms with E-state index in [1.54, 1.807) is 0 Å². The van der Waals surface area contributed by atoms with Gasteiger partial charge < -0.3 is 15.0 Å². The lowest BCUT2D eigenvalue weighted by Gasteiger charge is -2.35. The van der Waals surface area contributed by atoms with Crippen LogP contribution < -0.4 is 5.32 Å². The summed E-state index contributed by atoms with van der Waals surface area (Å²) in [6.07, 6.45) is 2.49. The Kier molecular flexibility index (Phi) is 8.78. The van der Waals surface area contributed by atoms with Crippen LogP contribution in [0.25, 0.3) is 0 Å². The minimum absolute atomic E-state index is 0. The molecule has 1 aromatic carbocycles. The summed E-state index contributed by atoms with van der Waals surface area (Å²) in [4.78, 5) is 6.71. The van der Waals surface area contributed by atoms with E-state index in [1.807, 2.05) is 7.05 Å². The Labute approximate surface area is 151 Å². The number of hydrogen-bond donors (Lipinski definition) is 1. The monoisotopic (exact) mass is 417 g/mol. The van der Waals surface area contributed by atoms with E-state index in [0.29, 0.717) is 0 Å². The van der Waals surface area contributed by atoms with Gasteiger partial charge in [-0.2, -0.15) is 0 Å². The van der Waals surface area contributed by atoms with E-state index in [1.165, 1.54) is 24.0 Å². The molecule has 4 nitrogen and oxygen atoms in total. The topological polar surface area (TPSA) is 36.9 Å². The number of hydrogen-bond acceptors (Lipinski definition) is 2. The van der Waals surface area contributed by atoms with Crippen molar-refractivity contribution in [2.75, 3.05) is 33.3 Å². The van der Waals surface area contributed by atoms with E-state index in [2.05, 4.69) is 53.3 Å². The summed E-state index contributed by atoms with van der Waals surface area (Å²) in [6, 6.07) is 8.46. The molecular formula is C17H28IN3O. The van der Waals surface area contributed by atoms with E-state index in [9.17, 15) is 0 Å². The van der Waals surface area contributed by atoms with Gasteiger partial charge in [-0.3, -0.25) is 4.99 Å². The molecule has 124 valence electrons. The van der Waals surface area contributed by atoms with E-state index >= 15 is 0 Å². The molecule has 1 N–H and O–H groups in total. The van der Waals surface area contributed by atoms with Crippen LogP contribution in [0.1, 0.15) is 37.0 Å². The first-order valence-electron chi connectivity index (χ1n) is 7.89. The van der Waals surface area contributed by atoms with E-state index < -0.39 is 0 Å². The molecule has 0 spiro atoms. The first-order chi connectivity index (χ1) is 10.3. The lowest BCUT2D eigenvalue weighted by atomic mass is 10.0. The van der Waals surface area contributed by atoms with Crippen molar-refractivity contribution in [2.24, 2.45) is 4.99 Å². The second-order valence-electron chi connectivity index (χ2n) is 5.49. The molecule has 1 heterocycles. The number of rotatable bonds is 4. The second-order valence-corrected chi connectivity index (χ2v) is 5.49. The number of benzene rings is 1. The van der Waals surface area contributed by atoms with Crippen LogP contribution in [0.4, 0.5) is 0 Å². The third kappa shape index (κ3) is 5.12. The Balaban J connectivity index is 0.00000242. The highest BCUT2D eigenvalue weighted by Gasteiger charge is 2.24. The highest BCUT2D eigenvalue weighted by atomic mass is 127. The normalized spacial score (nSPS) is 18.8.